The van der Waals surface area contributed by atoms with Crippen LogP contribution in [-0.2, 0) is 4.79 Å². The van der Waals surface area contributed by atoms with Gasteiger partial charge in [0.2, 0.25) is 0 Å². The molecule has 1 atom stereocenters. The summed E-state index contributed by atoms with van der Waals surface area (Å²) in [6.45, 7) is 0.0365. The van der Waals surface area contributed by atoms with Crippen LogP contribution in [0.25, 0.3) is 0 Å². The number of carboxylic acid groups (broad SMARTS) is 1. The molecule has 1 unspecified atom stereocenters. The fraction of sp³-hybridized carbons (Fsp3) is 0.235. The van der Waals surface area contributed by atoms with E-state index in [4.69, 9.17) is 14.2 Å². The van der Waals surface area contributed by atoms with E-state index < -0.39 is 11.9 Å². The molecule has 0 amide bonds. The Hall–Kier alpha value is -2.69. The zero-order chi connectivity index (χ0) is 15.9. The molecule has 2 rings (SSSR count). The lowest BCUT2D eigenvalue weighted by Crippen LogP contribution is -2.19. The van der Waals surface area contributed by atoms with E-state index in [1.54, 1.807) is 62.8 Å². The zero-order valence-corrected chi connectivity index (χ0v) is 12.5. The van der Waals surface area contributed by atoms with Gasteiger partial charge in [0.15, 0.2) is 0 Å². The number of rotatable bonds is 7. The van der Waals surface area contributed by atoms with Crippen molar-refractivity contribution in [3.05, 3.63) is 54.1 Å². The van der Waals surface area contributed by atoms with Gasteiger partial charge in [0.1, 0.15) is 29.8 Å². The molecule has 1 N–H and O–H groups in total. The molecular formula is C17H18O5. The monoisotopic (exact) mass is 302 g/mol. The molecule has 0 radical (unpaired) electrons. The summed E-state index contributed by atoms with van der Waals surface area (Å²) < 4.78 is 15.8. The van der Waals surface area contributed by atoms with E-state index in [1.165, 1.54) is 0 Å². The minimum absolute atomic E-state index is 0.0365. The Labute approximate surface area is 129 Å². The molecule has 2 aromatic rings. The molecule has 5 nitrogen and oxygen atoms in total. The van der Waals surface area contributed by atoms with E-state index in [0.717, 1.165) is 0 Å². The lowest BCUT2D eigenvalue weighted by molar-refractivity contribution is -0.139. The third-order valence-corrected chi connectivity index (χ3v) is 3.27. The largest absolute Gasteiger partial charge is 0.497 e. The number of carboxylic acids is 1. The lowest BCUT2D eigenvalue weighted by Gasteiger charge is -2.15. The van der Waals surface area contributed by atoms with Crippen molar-refractivity contribution in [2.45, 2.75) is 5.92 Å². The van der Waals surface area contributed by atoms with Crippen LogP contribution in [0, 0.1) is 0 Å². The lowest BCUT2D eigenvalue weighted by atomic mass is 10.0. The number of ether oxygens (including phenoxy) is 3. The second-order valence-electron chi connectivity index (χ2n) is 4.65. The first-order valence-corrected chi connectivity index (χ1v) is 6.77. The third kappa shape index (κ3) is 3.91. The highest BCUT2D eigenvalue weighted by atomic mass is 16.5. The summed E-state index contributed by atoms with van der Waals surface area (Å²) in [6.07, 6.45) is 0. The average Bonchev–Trinajstić information content (AvgIpc) is 2.55. The summed E-state index contributed by atoms with van der Waals surface area (Å²) in [5.74, 6) is 0.222. The van der Waals surface area contributed by atoms with Gasteiger partial charge in [-0.3, -0.25) is 4.79 Å². The minimum Gasteiger partial charge on any atom is -0.497 e. The first-order chi connectivity index (χ1) is 10.6. The van der Waals surface area contributed by atoms with Crippen molar-refractivity contribution >= 4 is 5.97 Å². The Morgan fingerprint density at radius 2 is 1.64 bits per heavy atom. The number of benzene rings is 2. The summed E-state index contributed by atoms with van der Waals surface area (Å²) in [6, 6.07) is 14.0. The smallest absolute Gasteiger partial charge is 0.314 e. The van der Waals surface area contributed by atoms with Crippen LogP contribution in [0.5, 0.6) is 17.2 Å². The van der Waals surface area contributed by atoms with Gasteiger partial charge in [0.05, 0.1) is 14.2 Å². The van der Waals surface area contributed by atoms with Crippen LogP contribution in [0.1, 0.15) is 11.5 Å². The highest BCUT2D eigenvalue weighted by Crippen LogP contribution is 2.23. The molecule has 0 aromatic heterocycles. The molecular weight excluding hydrogens is 284 g/mol. The molecule has 0 bridgehead atoms. The highest BCUT2D eigenvalue weighted by molar-refractivity contribution is 5.76. The predicted octanol–water partition coefficient (Wildman–Crippen LogP) is 2.95. The molecule has 5 heteroatoms. The van der Waals surface area contributed by atoms with Gasteiger partial charge in [0, 0.05) is 6.07 Å². The molecule has 0 saturated carbocycles. The first-order valence-electron chi connectivity index (χ1n) is 6.77. The van der Waals surface area contributed by atoms with E-state index in [-0.39, 0.29) is 6.61 Å². The summed E-state index contributed by atoms with van der Waals surface area (Å²) in [4.78, 5) is 11.5. The molecule has 22 heavy (non-hydrogen) atoms. The van der Waals surface area contributed by atoms with Crippen molar-refractivity contribution in [3.8, 4) is 17.2 Å². The van der Waals surface area contributed by atoms with Crippen molar-refractivity contribution in [3.63, 3.8) is 0 Å². The van der Waals surface area contributed by atoms with Gasteiger partial charge in [-0.1, -0.05) is 18.2 Å². The Bertz CT molecular complexity index is 621. The third-order valence-electron chi connectivity index (χ3n) is 3.27. The second kappa shape index (κ2) is 7.36. The van der Waals surface area contributed by atoms with Crippen LogP contribution in [0.2, 0.25) is 0 Å². The van der Waals surface area contributed by atoms with Crippen molar-refractivity contribution in [2.75, 3.05) is 20.8 Å². The predicted molar refractivity (Wildman–Crippen MR) is 81.9 cm³/mol. The van der Waals surface area contributed by atoms with Crippen LogP contribution in [0.15, 0.2) is 48.5 Å². The average molecular weight is 302 g/mol. The van der Waals surface area contributed by atoms with E-state index in [2.05, 4.69) is 0 Å². The molecule has 2 aromatic carbocycles. The van der Waals surface area contributed by atoms with E-state index >= 15 is 0 Å². The van der Waals surface area contributed by atoms with Crippen LogP contribution in [0.3, 0.4) is 0 Å². The summed E-state index contributed by atoms with van der Waals surface area (Å²) in [5, 5.41) is 9.40. The van der Waals surface area contributed by atoms with Crippen molar-refractivity contribution < 1.29 is 24.1 Å². The second-order valence-corrected chi connectivity index (χ2v) is 4.65. The van der Waals surface area contributed by atoms with Crippen molar-refractivity contribution in [2.24, 2.45) is 0 Å². The number of carbonyl (C=O) groups is 1. The SMILES string of the molecule is COc1ccc(C(COc2cccc(OC)c2)C(=O)O)cc1. The summed E-state index contributed by atoms with van der Waals surface area (Å²) in [7, 11) is 3.13. The van der Waals surface area contributed by atoms with Gasteiger partial charge in [-0.05, 0) is 29.8 Å². The van der Waals surface area contributed by atoms with Crippen molar-refractivity contribution in [1.29, 1.82) is 0 Å². The molecule has 0 spiro atoms. The summed E-state index contributed by atoms with van der Waals surface area (Å²) >= 11 is 0. The van der Waals surface area contributed by atoms with Crippen LogP contribution in [-0.4, -0.2) is 31.9 Å². The molecule has 0 aliphatic rings. The highest BCUT2D eigenvalue weighted by Gasteiger charge is 2.21. The maximum atomic E-state index is 11.5. The first kappa shape index (κ1) is 15.7. The fourth-order valence-electron chi connectivity index (χ4n) is 2.02. The quantitative estimate of drug-likeness (QED) is 0.852. The number of hydrogen-bond acceptors (Lipinski definition) is 4. The van der Waals surface area contributed by atoms with Gasteiger partial charge in [-0.15, -0.1) is 0 Å². The Balaban J connectivity index is 2.09. The van der Waals surface area contributed by atoms with E-state index in [0.29, 0.717) is 22.8 Å². The van der Waals surface area contributed by atoms with Crippen LogP contribution >= 0.6 is 0 Å². The van der Waals surface area contributed by atoms with Gasteiger partial charge < -0.3 is 19.3 Å². The van der Waals surface area contributed by atoms with Gasteiger partial charge in [0.25, 0.3) is 0 Å². The van der Waals surface area contributed by atoms with Gasteiger partial charge in [-0.2, -0.15) is 0 Å². The maximum Gasteiger partial charge on any atom is 0.314 e. The molecule has 116 valence electrons. The minimum atomic E-state index is -0.937. The van der Waals surface area contributed by atoms with E-state index in [9.17, 15) is 9.90 Å². The van der Waals surface area contributed by atoms with Gasteiger partial charge in [-0.25, -0.2) is 0 Å². The topological polar surface area (TPSA) is 65.0 Å². The normalized spacial score (nSPS) is 11.5. The van der Waals surface area contributed by atoms with Crippen molar-refractivity contribution in [1.82, 2.24) is 0 Å². The number of hydrogen-bond donors (Lipinski definition) is 1. The molecule has 0 aliphatic heterocycles. The maximum absolute atomic E-state index is 11.5. The number of methoxy groups -OCH3 is 2. The fourth-order valence-corrected chi connectivity index (χ4v) is 2.02. The van der Waals surface area contributed by atoms with Crippen LogP contribution in [0.4, 0.5) is 0 Å². The molecule has 0 saturated heterocycles. The molecule has 0 fully saturated rings. The Kier molecular flexibility index (Phi) is 5.25. The molecule has 0 heterocycles. The summed E-state index contributed by atoms with van der Waals surface area (Å²) in [5.41, 5.74) is 0.663. The number of aliphatic carboxylic acids is 1. The van der Waals surface area contributed by atoms with Gasteiger partial charge >= 0.3 is 5.97 Å². The van der Waals surface area contributed by atoms with Crippen LogP contribution < -0.4 is 14.2 Å². The Morgan fingerprint density at radius 3 is 2.23 bits per heavy atom. The zero-order valence-electron chi connectivity index (χ0n) is 12.5. The Morgan fingerprint density at radius 1 is 1.00 bits per heavy atom. The molecule has 0 aliphatic carbocycles. The van der Waals surface area contributed by atoms with E-state index in [1.807, 2.05) is 0 Å². The standard InChI is InChI=1S/C17H18O5/c1-20-13-8-6-12(7-9-13)16(17(18)19)11-22-15-5-3-4-14(10-15)21-2/h3-10,16H,11H2,1-2H3,(H,18,19).